The van der Waals surface area contributed by atoms with Crippen molar-refractivity contribution in [3.63, 3.8) is 0 Å². The number of phenolic OH excluding ortho intramolecular Hbond substituents is 1. The van der Waals surface area contributed by atoms with Gasteiger partial charge in [0, 0.05) is 6.04 Å². The molecule has 0 spiro atoms. The molecule has 1 unspecified atom stereocenters. The predicted octanol–water partition coefficient (Wildman–Crippen LogP) is 3.06. The van der Waals surface area contributed by atoms with Gasteiger partial charge < -0.3 is 10.8 Å². The van der Waals surface area contributed by atoms with Crippen molar-refractivity contribution in [2.45, 2.75) is 25.6 Å². The maximum absolute atomic E-state index is 12.6. The summed E-state index contributed by atoms with van der Waals surface area (Å²) >= 11 is 2.98. The lowest BCUT2D eigenvalue weighted by molar-refractivity contribution is -0.138. The van der Waals surface area contributed by atoms with Crippen LogP contribution in [-0.2, 0) is 12.6 Å². The summed E-state index contributed by atoms with van der Waals surface area (Å²) in [6.07, 6.45) is -4.38. The minimum Gasteiger partial charge on any atom is -0.507 e. The third-order valence-electron chi connectivity index (χ3n) is 2.02. The number of aromatic hydroxyl groups is 1. The Bertz CT molecular complexity index is 390. The molecule has 0 radical (unpaired) electrons. The van der Waals surface area contributed by atoms with E-state index in [4.69, 9.17) is 5.73 Å². The molecular formula is C10H11BrF3NO. The molecule has 90 valence electrons. The molecule has 1 atom stereocenters. The molecule has 3 N–H and O–H groups in total. The normalized spacial score (nSPS) is 13.9. The van der Waals surface area contributed by atoms with Crippen LogP contribution in [0.2, 0.25) is 0 Å². The zero-order chi connectivity index (χ0) is 12.5. The first-order chi connectivity index (χ1) is 7.21. The van der Waals surface area contributed by atoms with E-state index >= 15 is 0 Å². The van der Waals surface area contributed by atoms with Gasteiger partial charge in [0.1, 0.15) is 5.75 Å². The van der Waals surface area contributed by atoms with Crippen LogP contribution >= 0.6 is 15.9 Å². The van der Waals surface area contributed by atoms with E-state index in [0.29, 0.717) is 6.07 Å². The molecule has 2 nitrogen and oxygen atoms in total. The van der Waals surface area contributed by atoms with E-state index < -0.39 is 17.5 Å². The topological polar surface area (TPSA) is 46.2 Å². The molecule has 0 aromatic heterocycles. The summed E-state index contributed by atoms with van der Waals surface area (Å²) in [5, 5.41) is 9.24. The van der Waals surface area contributed by atoms with Crippen LogP contribution in [0.3, 0.4) is 0 Å². The Hall–Kier alpha value is -0.750. The van der Waals surface area contributed by atoms with Crippen molar-refractivity contribution < 1.29 is 18.3 Å². The second kappa shape index (κ2) is 4.63. The molecule has 0 heterocycles. The summed E-state index contributed by atoms with van der Waals surface area (Å²) in [7, 11) is 0. The summed E-state index contributed by atoms with van der Waals surface area (Å²) in [6.45, 7) is 1.63. The molecule has 1 rings (SSSR count). The Balaban J connectivity index is 3.28. The lowest BCUT2D eigenvalue weighted by Gasteiger charge is -2.15. The fraction of sp³-hybridized carbons (Fsp3) is 0.400. The van der Waals surface area contributed by atoms with Gasteiger partial charge in [0.25, 0.3) is 0 Å². The van der Waals surface area contributed by atoms with Gasteiger partial charge in [-0.2, -0.15) is 13.2 Å². The van der Waals surface area contributed by atoms with Gasteiger partial charge in [0.2, 0.25) is 0 Å². The minimum atomic E-state index is -4.48. The van der Waals surface area contributed by atoms with Crippen molar-refractivity contribution in [1.29, 1.82) is 0 Å². The zero-order valence-corrected chi connectivity index (χ0v) is 10.1. The maximum atomic E-state index is 12.6. The average molecular weight is 298 g/mol. The van der Waals surface area contributed by atoms with Crippen molar-refractivity contribution in [2.75, 3.05) is 0 Å². The van der Waals surface area contributed by atoms with E-state index in [2.05, 4.69) is 15.9 Å². The molecule has 0 fully saturated rings. The van der Waals surface area contributed by atoms with E-state index in [1.165, 1.54) is 6.07 Å². The first-order valence-corrected chi connectivity index (χ1v) is 5.35. The van der Waals surface area contributed by atoms with E-state index in [1.54, 1.807) is 6.92 Å². The second-order valence-corrected chi connectivity index (χ2v) is 4.49. The first-order valence-electron chi connectivity index (χ1n) is 4.56. The molecule has 1 aromatic carbocycles. The number of phenols is 1. The summed E-state index contributed by atoms with van der Waals surface area (Å²) in [5.74, 6) is -0.430. The van der Waals surface area contributed by atoms with E-state index in [-0.39, 0.29) is 22.5 Å². The van der Waals surface area contributed by atoms with Crippen molar-refractivity contribution in [3.8, 4) is 5.75 Å². The van der Waals surface area contributed by atoms with Gasteiger partial charge in [0.15, 0.2) is 0 Å². The van der Waals surface area contributed by atoms with Crippen LogP contribution in [0, 0.1) is 0 Å². The first kappa shape index (κ1) is 13.3. The summed E-state index contributed by atoms with van der Waals surface area (Å²) in [5.41, 5.74) is 4.71. The SMILES string of the molecule is CC(N)Cc1cc(Br)c(O)cc1C(F)(F)F. The third-order valence-corrected chi connectivity index (χ3v) is 2.66. The standard InChI is InChI=1S/C10H11BrF3NO/c1-5(15)2-6-3-8(11)9(16)4-7(6)10(12,13)14/h3-5,16H,2,15H2,1H3. The molecule has 0 saturated heterocycles. The highest BCUT2D eigenvalue weighted by atomic mass is 79.9. The lowest BCUT2D eigenvalue weighted by Crippen LogP contribution is -2.20. The van der Waals surface area contributed by atoms with Crippen molar-refractivity contribution >= 4 is 15.9 Å². The fourth-order valence-corrected chi connectivity index (χ4v) is 1.77. The van der Waals surface area contributed by atoms with E-state index in [0.717, 1.165) is 0 Å². The Kier molecular flexibility index (Phi) is 3.85. The highest BCUT2D eigenvalue weighted by Crippen LogP contribution is 2.37. The smallest absolute Gasteiger partial charge is 0.416 e. The van der Waals surface area contributed by atoms with Gasteiger partial charge in [0.05, 0.1) is 10.0 Å². The molecule has 1 aromatic rings. The molecule has 0 saturated carbocycles. The van der Waals surface area contributed by atoms with Gasteiger partial charge >= 0.3 is 6.18 Å². The summed E-state index contributed by atoms with van der Waals surface area (Å²) in [4.78, 5) is 0. The summed E-state index contributed by atoms with van der Waals surface area (Å²) < 4.78 is 38.2. The van der Waals surface area contributed by atoms with Crippen LogP contribution in [0.25, 0.3) is 0 Å². The Morgan fingerprint density at radius 1 is 1.44 bits per heavy atom. The van der Waals surface area contributed by atoms with Gasteiger partial charge in [-0.1, -0.05) is 0 Å². The lowest BCUT2D eigenvalue weighted by atomic mass is 10.0. The van der Waals surface area contributed by atoms with Crippen LogP contribution in [0.1, 0.15) is 18.1 Å². The number of rotatable bonds is 2. The van der Waals surface area contributed by atoms with E-state index in [1.807, 2.05) is 0 Å². The van der Waals surface area contributed by atoms with Gasteiger partial charge in [-0.3, -0.25) is 0 Å². The van der Waals surface area contributed by atoms with E-state index in [9.17, 15) is 18.3 Å². The molecule has 0 aliphatic rings. The molecular weight excluding hydrogens is 287 g/mol. The number of alkyl halides is 3. The quantitative estimate of drug-likeness (QED) is 0.881. The predicted molar refractivity (Wildman–Crippen MR) is 58.2 cm³/mol. The van der Waals surface area contributed by atoms with Gasteiger partial charge in [-0.25, -0.2) is 0 Å². The van der Waals surface area contributed by atoms with Crippen LogP contribution in [-0.4, -0.2) is 11.1 Å². The fourth-order valence-electron chi connectivity index (χ4n) is 1.38. The number of halogens is 4. The minimum absolute atomic E-state index is 0.0761. The van der Waals surface area contributed by atoms with Crippen molar-refractivity contribution in [2.24, 2.45) is 5.73 Å². The van der Waals surface area contributed by atoms with Gasteiger partial charge in [-0.05, 0) is 47.0 Å². The highest BCUT2D eigenvalue weighted by molar-refractivity contribution is 9.10. The zero-order valence-electron chi connectivity index (χ0n) is 8.48. The molecule has 0 bridgehead atoms. The van der Waals surface area contributed by atoms with Crippen LogP contribution < -0.4 is 5.73 Å². The highest BCUT2D eigenvalue weighted by Gasteiger charge is 2.34. The molecule has 0 amide bonds. The van der Waals surface area contributed by atoms with Crippen LogP contribution in [0.15, 0.2) is 16.6 Å². The average Bonchev–Trinajstić information content (AvgIpc) is 2.08. The Morgan fingerprint density at radius 3 is 2.44 bits per heavy atom. The third kappa shape index (κ3) is 3.12. The number of hydrogen-bond donors (Lipinski definition) is 2. The van der Waals surface area contributed by atoms with Crippen molar-refractivity contribution in [3.05, 3.63) is 27.7 Å². The van der Waals surface area contributed by atoms with Crippen molar-refractivity contribution in [1.82, 2.24) is 0 Å². The Morgan fingerprint density at radius 2 is 2.00 bits per heavy atom. The van der Waals surface area contributed by atoms with Crippen LogP contribution in [0.4, 0.5) is 13.2 Å². The summed E-state index contributed by atoms with van der Waals surface area (Å²) in [6, 6.07) is 1.58. The number of benzene rings is 1. The Labute approximate surface area is 99.4 Å². The molecule has 6 heteroatoms. The molecule has 0 aliphatic carbocycles. The second-order valence-electron chi connectivity index (χ2n) is 3.64. The van der Waals surface area contributed by atoms with Gasteiger partial charge in [-0.15, -0.1) is 0 Å². The molecule has 0 aliphatic heterocycles. The van der Waals surface area contributed by atoms with Crippen LogP contribution in [0.5, 0.6) is 5.75 Å². The largest absolute Gasteiger partial charge is 0.507 e. The maximum Gasteiger partial charge on any atom is 0.416 e. The molecule has 16 heavy (non-hydrogen) atoms. The monoisotopic (exact) mass is 297 g/mol. The number of hydrogen-bond acceptors (Lipinski definition) is 2. The number of nitrogens with two attached hydrogens (primary N) is 1.